The number of para-hydroxylation sites is 1. The molecule has 0 saturated carbocycles. The Balaban J connectivity index is 1.74. The SMILES string of the molecule is Cc1cc(C)n(-c2ccc(-c3cccc4c3OCCC4N)cc2)n1. The molecule has 4 heteroatoms. The topological polar surface area (TPSA) is 53.1 Å². The molecule has 2 N–H and O–H groups in total. The van der Waals surface area contributed by atoms with Crippen LogP contribution in [0, 0.1) is 13.8 Å². The Hall–Kier alpha value is -2.59. The molecule has 0 saturated heterocycles. The first-order chi connectivity index (χ1) is 11.6. The van der Waals surface area contributed by atoms with Crippen molar-refractivity contribution in [1.29, 1.82) is 0 Å². The highest BCUT2D eigenvalue weighted by atomic mass is 16.5. The maximum atomic E-state index is 6.22. The van der Waals surface area contributed by atoms with Crippen LogP contribution in [-0.4, -0.2) is 16.4 Å². The van der Waals surface area contributed by atoms with E-state index in [1.165, 1.54) is 0 Å². The molecule has 1 unspecified atom stereocenters. The van der Waals surface area contributed by atoms with E-state index >= 15 is 0 Å². The highest BCUT2D eigenvalue weighted by Crippen LogP contribution is 2.39. The van der Waals surface area contributed by atoms with E-state index in [9.17, 15) is 0 Å². The summed E-state index contributed by atoms with van der Waals surface area (Å²) in [6.45, 7) is 4.75. The maximum absolute atomic E-state index is 6.22. The third kappa shape index (κ3) is 2.49. The molecule has 24 heavy (non-hydrogen) atoms. The second-order valence-electron chi connectivity index (χ2n) is 6.35. The van der Waals surface area contributed by atoms with Gasteiger partial charge in [-0.25, -0.2) is 4.68 Å². The zero-order chi connectivity index (χ0) is 16.7. The molecule has 1 aliphatic heterocycles. The van der Waals surface area contributed by atoms with Crippen molar-refractivity contribution in [3.8, 4) is 22.6 Å². The smallest absolute Gasteiger partial charge is 0.131 e. The second kappa shape index (κ2) is 5.80. The molecule has 2 aromatic carbocycles. The quantitative estimate of drug-likeness (QED) is 0.778. The zero-order valence-corrected chi connectivity index (χ0v) is 14.0. The highest BCUT2D eigenvalue weighted by Gasteiger charge is 2.21. The normalized spacial score (nSPS) is 16.5. The fraction of sp³-hybridized carbons (Fsp3) is 0.250. The predicted octanol–water partition coefficient (Wildman–Crippen LogP) is 3.94. The number of benzene rings is 2. The molecule has 0 bridgehead atoms. The van der Waals surface area contributed by atoms with Crippen LogP contribution in [0.4, 0.5) is 0 Å². The van der Waals surface area contributed by atoms with Gasteiger partial charge in [0.25, 0.3) is 0 Å². The van der Waals surface area contributed by atoms with Crippen LogP contribution in [0.3, 0.4) is 0 Å². The Morgan fingerprint density at radius 2 is 1.92 bits per heavy atom. The number of hydrogen-bond donors (Lipinski definition) is 1. The first kappa shape index (κ1) is 15.0. The summed E-state index contributed by atoms with van der Waals surface area (Å²) in [7, 11) is 0. The molecule has 1 aliphatic rings. The van der Waals surface area contributed by atoms with Gasteiger partial charge in [-0.15, -0.1) is 0 Å². The van der Waals surface area contributed by atoms with Crippen molar-refractivity contribution < 1.29 is 4.74 Å². The fourth-order valence-electron chi connectivity index (χ4n) is 3.35. The van der Waals surface area contributed by atoms with Gasteiger partial charge in [0.15, 0.2) is 0 Å². The van der Waals surface area contributed by atoms with Crippen LogP contribution < -0.4 is 10.5 Å². The van der Waals surface area contributed by atoms with Crippen molar-refractivity contribution in [2.24, 2.45) is 5.73 Å². The van der Waals surface area contributed by atoms with Crippen LogP contribution in [0.25, 0.3) is 16.8 Å². The summed E-state index contributed by atoms with van der Waals surface area (Å²) in [6.07, 6.45) is 0.868. The predicted molar refractivity (Wildman–Crippen MR) is 95.5 cm³/mol. The van der Waals surface area contributed by atoms with Gasteiger partial charge in [0.2, 0.25) is 0 Å². The fourth-order valence-corrected chi connectivity index (χ4v) is 3.35. The number of ether oxygens (including phenoxy) is 1. The van der Waals surface area contributed by atoms with Gasteiger partial charge < -0.3 is 10.5 Å². The molecule has 0 spiro atoms. The molecule has 3 aromatic rings. The summed E-state index contributed by atoms with van der Waals surface area (Å²) in [5.41, 5.74) is 12.8. The third-order valence-corrected chi connectivity index (χ3v) is 4.55. The van der Waals surface area contributed by atoms with Gasteiger partial charge in [0, 0.05) is 29.3 Å². The zero-order valence-electron chi connectivity index (χ0n) is 14.0. The lowest BCUT2D eigenvalue weighted by Gasteiger charge is -2.25. The van der Waals surface area contributed by atoms with E-state index in [1.807, 2.05) is 11.6 Å². The Kier molecular flexibility index (Phi) is 3.62. The van der Waals surface area contributed by atoms with Crippen molar-refractivity contribution in [3.05, 3.63) is 65.5 Å². The molecule has 4 rings (SSSR count). The highest BCUT2D eigenvalue weighted by molar-refractivity contribution is 5.73. The average molecular weight is 319 g/mol. The summed E-state index contributed by atoms with van der Waals surface area (Å²) in [6, 6.07) is 16.8. The molecule has 0 aliphatic carbocycles. The Morgan fingerprint density at radius 3 is 2.62 bits per heavy atom. The molecular weight excluding hydrogens is 298 g/mol. The number of nitrogens with zero attached hydrogens (tertiary/aromatic N) is 2. The van der Waals surface area contributed by atoms with Crippen molar-refractivity contribution >= 4 is 0 Å². The van der Waals surface area contributed by atoms with Crippen LogP contribution in [0.5, 0.6) is 5.75 Å². The van der Waals surface area contributed by atoms with Crippen LogP contribution in [0.1, 0.15) is 29.4 Å². The maximum Gasteiger partial charge on any atom is 0.131 e. The molecule has 1 atom stereocenters. The Bertz CT molecular complexity index is 880. The van der Waals surface area contributed by atoms with E-state index in [4.69, 9.17) is 10.5 Å². The van der Waals surface area contributed by atoms with Crippen molar-refractivity contribution in [2.75, 3.05) is 6.61 Å². The number of nitrogens with two attached hydrogens (primary N) is 1. The van der Waals surface area contributed by atoms with E-state index in [0.29, 0.717) is 6.61 Å². The summed E-state index contributed by atoms with van der Waals surface area (Å²) in [4.78, 5) is 0. The Labute approximate surface area is 141 Å². The molecular formula is C20H21N3O. The monoisotopic (exact) mass is 319 g/mol. The lowest BCUT2D eigenvalue weighted by Crippen LogP contribution is -2.20. The van der Waals surface area contributed by atoms with Gasteiger partial charge in [-0.3, -0.25) is 0 Å². The lowest BCUT2D eigenvalue weighted by atomic mass is 9.95. The van der Waals surface area contributed by atoms with Crippen LogP contribution in [0.15, 0.2) is 48.5 Å². The van der Waals surface area contributed by atoms with E-state index in [1.54, 1.807) is 0 Å². The van der Waals surface area contributed by atoms with Gasteiger partial charge in [0.05, 0.1) is 18.0 Å². The van der Waals surface area contributed by atoms with E-state index in [2.05, 4.69) is 60.6 Å². The Morgan fingerprint density at radius 1 is 1.12 bits per heavy atom. The lowest BCUT2D eigenvalue weighted by molar-refractivity contribution is 0.270. The molecule has 0 radical (unpaired) electrons. The number of fused-ring (bicyclic) bond motifs is 1. The molecule has 4 nitrogen and oxygen atoms in total. The number of hydrogen-bond acceptors (Lipinski definition) is 3. The standard InChI is InChI=1S/C20H21N3O/c1-13-12-14(2)23(22-13)16-8-6-15(7-9-16)17-4-3-5-18-19(21)10-11-24-20(17)18/h3-9,12,19H,10-11,21H2,1-2H3. The van der Waals surface area contributed by atoms with Gasteiger partial charge in [-0.1, -0.05) is 30.3 Å². The number of rotatable bonds is 2. The van der Waals surface area contributed by atoms with Crippen LogP contribution in [0.2, 0.25) is 0 Å². The molecule has 0 amide bonds. The summed E-state index contributed by atoms with van der Waals surface area (Å²) < 4.78 is 7.88. The van der Waals surface area contributed by atoms with E-state index < -0.39 is 0 Å². The number of aromatic nitrogens is 2. The number of aryl methyl sites for hydroxylation is 2. The summed E-state index contributed by atoms with van der Waals surface area (Å²) in [5, 5.41) is 4.54. The minimum atomic E-state index is 0.0580. The van der Waals surface area contributed by atoms with Gasteiger partial charge in [0.1, 0.15) is 5.75 Å². The van der Waals surface area contributed by atoms with E-state index in [-0.39, 0.29) is 6.04 Å². The van der Waals surface area contributed by atoms with Crippen molar-refractivity contribution in [2.45, 2.75) is 26.3 Å². The molecule has 122 valence electrons. The van der Waals surface area contributed by atoms with Gasteiger partial charge in [-0.05, 0) is 37.6 Å². The molecule has 2 heterocycles. The van der Waals surface area contributed by atoms with Crippen LogP contribution >= 0.6 is 0 Å². The molecule has 1 aromatic heterocycles. The third-order valence-electron chi connectivity index (χ3n) is 4.55. The van der Waals surface area contributed by atoms with Gasteiger partial charge in [-0.2, -0.15) is 5.10 Å². The molecule has 0 fully saturated rings. The van der Waals surface area contributed by atoms with Crippen LogP contribution in [-0.2, 0) is 0 Å². The first-order valence-corrected chi connectivity index (χ1v) is 8.29. The minimum absolute atomic E-state index is 0.0580. The summed E-state index contributed by atoms with van der Waals surface area (Å²) >= 11 is 0. The summed E-state index contributed by atoms with van der Waals surface area (Å²) in [5.74, 6) is 0.926. The average Bonchev–Trinajstić information content (AvgIpc) is 2.93. The van der Waals surface area contributed by atoms with Gasteiger partial charge >= 0.3 is 0 Å². The minimum Gasteiger partial charge on any atom is -0.493 e. The van der Waals surface area contributed by atoms with Crippen molar-refractivity contribution in [1.82, 2.24) is 9.78 Å². The van der Waals surface area contributed by atoms with E-state index in [0.717, 1.165) is 45.9 Å². The van der Waals surface area contributed by atoms with Crippen molar-refractivity contribution in [3.63, 3.8) is 0 Å². The second-order valence-corrected chi connectivity index (χ2v) is 6.35. The first-order valence-electron chi connectivity index (χ1n) is 8.29. The largest absolute Gasteiger partial charge is 0.493 e.